The third-order valence-electron chi connectivity index (χ3n) is 1.93. The van der Waals surface area contributed by atoms with Gasteiger partial charge in [0.15, 0.2) is 0 Å². The summed E-state index contributed by atoms with van der Waals surface area (Å²) in [6, 6.07) is 0. The summed E-state index contributed by atoms with van der Waals surface area (Å²) < 4.78 is 5.54. The van der Waals surface area contributed by atoms with Gasteiger partial charge in [-0.05, 0) is 25.2 Å². The molecular formula is C10H18O. The highest BCUT2D eigenvalue weighted by atomic mass is 16.5. The molecule has 1 atom stereocenters. The first kappa shape index (κ1) is 8.79. The van der Waals surface area contributed by atoms with Gasteiger partial charge in [0, 0.05) is 6.61 Å². The van der Waals surface area contributed by atoms with Crippen molar-refractivity contribution >= 4 is 0 Å². The fraction of sp³-hybridized carbons (Fsp3) is 0.800. The second-order valence-corrected chi connectivity index (χ2v) is 3.53. The number of rotatable bonds is 2. The molecule has 11 heavy (non-hydrogen) atoms. The van der Waals surface area contributed by atoms with Crippen molar-refractivity contribution in [1.82, 2.24) is 0 Å². The molecule has 1 rings (SSSR count). The number of allylic oxidation sites excluding steroid dienone is 1. The van der Waals surface area contributed by atoms with Gasteiger partial charge < -0.3 is 4.74 Å². The fourth-order valence-electron chi connectivity index (χ4n) is 1.26. The van der Waals surface area contributed by atoms with Gasteiger partial charge in [0.25, 0.3) is 0 Å². The highest BCUT2D eigenvalue weighted by Crippen LogP contribution is 2.14. The first-order valence-corrected chi connectivity index (χ1v) is 4.59. The number of hydrogen-bond acceptors (Lipinski definition) is 1. The zero-order valence-corrected chi connectivity index (χ0v) is 7.55. The zero-order valence-electron chi connectivity index (χ0n) is 7.55. The summed E-state index contributed by atoms with van der Waals surface area (Å²) in [6.07, 6.45) is 8.63. The second-order valence-electron chi connectivity index (χ2n) is 3.53. The van der Waals surface area contributed by atoms with Crippen LogP contribution in [0.3, 0.4) is 0 Å². The Bertz CT molecular complexity index is 121. The van der Waals surface area contributed by atoms with Gasteiger partial charge in [0.2, 0.25) is 0 Å². The van der Waals surface area contributed by atoms with Crippen molar-refractivity contribution in [1.29, 1.82) is 0 Å². The van der Waals surface area contributed by atoms with E-state index in [1.807, 2.05) is 0 Å². The minimum Gasteiger partial charge on any atom is -0.374 e. The van der Waals surface area contributed by atoms with Crippen molar-refractivity contribution in [2.24, 2.45) is 5.92 Å². The van der Waals surface area contributed by atoms with E-state index in [9.17, 15) is 0 Å². The summed E-state index contributed by atoms with van der Waals surface area (Å²) in [4.78, 5) is 0. The molecule has 0 aromatic heterocycles. The van der Waals surface area contributed by atoms with E-state index < -0.39 is 0 Å². The minimum absolute atomic E-state index is 0.408. The Morgan fingerprint density at radius 2 is 2.18 bits per heavy atom. The molecule has 1 unspecified atom stereocenters. The van der Waals surface area contributed by atoms with E-state index in [2.05, 4.69) is 26.0 Å². The standard InChI is InChI=1S/C10H18O/c1-9(2)6-7-10-5-3-4-8-11-10/h6-7,9-10H,3-5,8H2,1-2H3/b7-6+. The van der Waals surface area contributed by atoms with Gasteiger partial charge in [-0.2, -0.15) is 0 Å². The van der Waals surface area contributed by atoms with E-state index in [1.165, 1.54) is 19.3 Å². The summed E-state index contributed by atoms with van der Waals surface area (Å²) in [5, 5.41) is 0. The van der Waals surface area contributed by atoms with Crippen LogP contribution >= 0.6 is 0 Å². The van der Waals surface area contributed by atoms with Crippen LogP contribution in [0.1, 0.15) is 33.1 Å². The highest BCUT2D eigenvalue weighted by Gasteiger charge is 2.09. The van der Waals surface area contributed by atoms with E-state index in [-0.39, 0.29) is 0 Å². The molecule has 0 aromatic carbocycles. The molecule has 0 amide bonds. The summed E-state index contributed by atoms with van der Waals surface area (Å²) in [6.45, 7) is 5.34. The average molecular weight is 154 g/mol. The molecule has 0 aromatic rings. The second kappa shape index (κ2) is 4.55. The molecule has 1 fully saturated rings. The van der Waals surface area contributed by atoms with Crippen LogP contribution in [0.4, 0.5) is 0 Å². The molecule has 1 heteroatoms. The lowest BCUT2D eigenvalue weighted by molar-refractivity contribution is 0.0463. The Morgan fingerprint density at radius 3 is 2.73 bits per heavy atom. The third-order valence-corrected chi connectivity index (χ3v) is 1.93. The first-order chi connectivity index (χ1) is 5.29. The van der Waals surface area contributed by atoms with Gasteiger partial charge in [0.1, 0.15) is 0 Å². The van der Waals surface area contributed by atoms with Crippen molar-refractivity contribution in [3.8, 4) is 0 Å². The molecule has 1 saturated heterocycles. The maximum Gasteiger partial charge on any atom is 0.0755 e. The summed E-state index contributed by atoms with van der Waals surface area (Å²) in [5.74, 6) is 0.653. The van der Waals surface area contributed by atoms with Crippen LogP contribution in [0.15, 0.2) is 12.2 Å². The van der Waals surface area contributed by atoms with Crippen LogP contribution in [0, 0.1) is 5.92 Å². The molecule has 0 spiro atoms. The van der Waals surface area contributed by atoms with Crippen LogP contribution < -0.4 is 0 Å². The van der Waals surface area contributed by atoms with Crippen LogP contribution in [0.2, 0.25) is 0 Å². The predicted octanol–water partition coefficient (Wildman–Crippen LogP) is 2.77. The molecule has 0 radical (unpaired) electrons. The number of hydrogen-bond donors (Lipinski definition) is 0. The fourth-order valence-corrected chi connectivity index (χ4v) is 1.26. The van der Waals surface area contributed by atoms with Crippen LogP contribution in [-0.4, -0.2) is 12.7 Å². The first-order valence-electron chi connectivity index (χ1n) is 4.59. The quantitative estimate of drug-likeness (QED) is 0.556. The lowest BCUT2D eigenvalue weighted by atomic mass is 10.1. The van der Waals surface area contributed by atoms with Crippen LogP contribution in [0.25, 0.3) is 0 Å². The van der Waals surface area contributed by atoms with Crippen molar-refractivity contribution in [2.75, 3.05) is 6.61 Å². The lowest BCUT2D eigenvalue weighted by Gasteiger charge is -2.19. The van der Waals surface area contributed by atoms with Gasteiger partial charge >= 0.3 is 0 Å². The largest absolute Gasteiger partial charge is 0.374 e. The highest BCUT2D eigenvalue weighted by molar-refractivity contribution is 4.92. The van der Waals surface area contributed by atoms with Gasteiger partial charge in [-0.3, -0.25) is 0 Å². The Morgan fingerprint density at radius 1 is 1.36 bits per heavy atom. The monoisotopic (exact) mass is 154 g/mol. The van der Waals surface area contributed by atoms with Crippen LogP contribution in [-0.2, 0) is 4.74 Å². The minimum atomic E-state index is 0.408. The van der Waals surface area contributed by atoms with Crippen molar-refractivity contribution in [3.63, 3.8) is 0 Å². The molecule has 1 aliphatic rings. The van der Waals surface area contributed by atoms with Crippen LogP contribution in [0.5, 0.6) is 0 Å². The molecule has 1 nitrogen and oxygen atoms in total. The van der Waals surface area contributed by atoms with Crippen molar-refractivity contribution in [2.45, 2.75) is 39.2 Å². The Labute approximate surface area is 69.4 Å². The summed E-state index contributed by atoms with van der Waals surface area (Å²) in [7, 11) is 0. The molecule has 1 heterocycles. The van der Waals surface area contributed by atoms with Crippen molar-refractivity contribution in [3.05, 3.63) is 12.2 Å². The zero-order chi connectivity index (χ0) is 8.10. The predicted molar refractivity (Wildman–Crippen MR) is 47.6 cm³/mol. The third kappa shape index (κ3) is 3.57. The van der Waals surface area contributed by atoms with Gasteiger partial charge in [-0.15, -0.1) is 0 Å². The number of ether oxygens (including phenoxy) is 1. The summed E-state index contributed by atoms with van der Waals surface area (Å²) in [5.41, 5.74) is 0. The smallest absolute Gasteiger partial charge is 0.0755 e. The average Bonchev–Trinajstić information content (AvgIpc) is 2.03. The maximum atomic E-state index is 5.54. The lowest BCUT2D eigenvalue weighted by Crippen LogP contribution is -2.16. The Hall–Kier alpha value is -0.300. The Balaban J connectivity index is 2.23. The van der Waals surface area contributed by atoms with E-state index >= 15 is 0 Å². The molecule has 64 valence electrons. The SMILES string of the molecule is CC(C)/C=C/C1CCCCO1. The van der Waals surface area contributed by atoms with E-state index in [0.717, 1.165) is 6.61 Å². The van der Waals surface area contributed by atoms with E-state index in [1.54, 1.807) is 0 Å². The summed E-state index contributed by atoms with van der Waals surface area (Å²) >= 11 is 0. The van der Waals surface area contributed by atoms with E-state index in [0.29, 0.717) is 12.0 Å². The molecule has 0 saturated carbocycles. The van der Waals surface area contributed by atoms with Crippen molar-refractivity contribution < 1.29 is 4.74 Å². The maximum absolute atomic E-state index is 5.54. The molecular weight excluding hydrogens is 136 g/mol. The van der Waals surface area contributed by atoms with Gasteiger partial charge in [0.05, 0.1) is 6.10 Å². The van der Waals surface area contributed by atoms with E-state index in [4.69, 9.17) is 4.74 Å². The topological polar surface area (TPSA) is 9.23 Å². The van der Waals surface area contributed by atoms with Gasteiger partial charge in [-0.25, -0.2) is 0 Å². The molecule has 0 bridgehead atoms. The molecule has 0 N–H and O–H groups in total. The Kier molecular flexibility index (Phi) is 3.64. The molecule has 1 aliphatic heterocycles. The van der Waals surface area contributed by atoms with Gasteiger partial charge in [-0.1, -0.05) is 26.0 Å². The normalized spacial score (nSPS) is 26.6. The molecule has 0 aliphatic carbocycles.